The van der Waals surface area contributed by atoms with Crippen LogP contribution in [0.2, 0.25) is 0 Å². The third-order valence-electron chi connectivity index (χ3n) is 7.07. The molecule has 0 aromatic heterocycles. The van der Waals surface area contributed by atoms with E-state index >= 15 is 0 Å². The highest BCUT2D eigenvalue weighted by atomic mass is 16.5. The molecule has 0 spiro atoms. The Bertz CT molecular complexity index is 1120. The monoisotopic (exact) mass is 476 g/mol. The Morgan fingerprint density at radius 3 is 2.34 bits per heavy atom. The molecule has 2 aromatic rings. The molecule has 8 heteroatoms. The number of hydrogen-bond donors (Lipinski definition) is 3. The number of carboxylic acid groups (broad SMARTS) is 1. The van der Waals surface area contributed by atoms with Crippen LogP contribution in [0.5, 0.6) is 0 Å². The molecule has 1 heterocycles. The summed E-state index contributed by atoms with van der Waals surface area (Å²) in [7, 11) is 0. The Morgan fingerprint density at radius 1 is 0.971 bits per heavy atom. The van der Waals surface area contributed by atoms with Crippen LogP contribution >= 0.6 is 0 Å². The fraction of sp³-hybridized carbons (Fsp3) is 0.370. The zero-order valence-electron chi connectivity index (χ0n) is 19.2. The molecule has 35 heavy (non-hydrogen) atoms. The minimum Gasteiger partial charge on any atom is -0.481 e. The molecule has 3 aliphatic rings. The predicted molar refractivity (Wildman–Crippen MR) is 128 cm³/mol. The highest BCUT2D eigenvalue weighted by Gasteiger charge is 2.37. The van der Waals surface area contributed by atoms with Gasteiger partial charge in [-0.05, 0) is 35.1 Å². The van der Waals surface area contributed by atoms with E-state index in [9.17, 15) is 19.5 Å². The van der Waals surface area contributed by atoms with Crippen LogP contribution in [0.1, 0.15) is 29.9 Å². The van der Waals surface area contributed by atoms with Crippen molar-refractivity contribution >= 4 is 18.0 Å². The SMILES string of the molecule is O=C(NC1COCC1C(=O)NC1C=CCC(C(=O)O)C1)OCC1c2ccccc2-c2ccccc21. The van der Waals surface area contributed by atoms with E-state index < -0.39 is 29.9 Å². The Kier molecular flexibility index (Phi) is 6.55. The summed E-state index contributed by atoms with van der Waals surface area (Å²) in [5, 5.41) is 14.9. The van der Waals surface area contributed by atoms with Gasteiger partial charge in [0.05, 0.1) is 31.1 Å². The molecule has 0 saturated carbocycles. The van der Waals surface area contributed by atoms with Gasteiger partial charge in [0.1, 0.15) is 6.61 Å². The summed E-state index contributed by atoms with van der Waals surface area (Å²) in [6.07, 6.45) is 3.81. The second-order valence-electron chi connectivity index (χ2n) is 9.27. The van der Waals surface area contributed by atoms with E-state index in [0.717, 1.165) is 22.3 Å². The maximum Gasteiger partial charge on any atom is 0.407 e. The van der Waals surface area contributed by atoms with Crippen LogP contribution in [-0.2, 0) is 19.1 Å². The van der Waals surface area contributed by atoms with E-state index in [4.69, 9.17) is 9.47 Å². The standard InChI is InChI=1S/C27H28N2O6/c30-25(28-17-7-5-6-16(12-17)26(31)32)23-13-34-15-24(23)29-27(33)35-14-22-20-10-3-1-8-18(20)19-9-2-4-11-21(19)22/h1-5,7-11,16-17,22-24H,6,12-15H2,(H,28,30)(H,29,33)(H,31,32). The second-order valence-corrected chi connectivity index (χ2v) is 9.27. The van der Waals surface area contributed by atoms with Crippen molar-refractivity contribution in [3.63, 3.8) is 0 Å². The van der Waals surface area contributed by atoms with Gasteiger partial charge in [0.25, 0.3) is 0 Å². The minimum absolute atomic E-state index is 0.0488. The van der Waals surface area contributed by atoms with Gasteiger partial charge in [0.15, 0.2) is 0 Å². The molecule has 4 atom stereocenters. The van der Waals surface area contributed by atoms with Crippen LogP contribution < -0.4 is 10.6 Å². The summed E-state index contributed by atoms with van der Waals surface area (Å²) < 4.78 is 11.1. The van der Waals surface area contributed by atoms with E-state index in [-0.39, 0.29) is 37.7 Å². The molecule has 0 bridgehead atoms. The van der Waals surface area contributed by atoms with Crippen molar-refractivity contribution in [1.29, 1.82) is 0 Å². The molecule has 8 nitrogen and oxygen atoms in total. The number of rotatable bonds is 6. The van der Waals surface area contributed by atoms with Crippen molar-refractivity contribution in [2.75, 3.05) is 19.8 Å². The lowest BCUT2D eigenvalue weighted by Gasteiger charge is -2.25. The van der Waals surface area contributed by atoms with Crippen molar-refractivity contribution in [3.05, 3.63) is 71.8 Å². The summed E-state index contributed by atoms with van der Waals surface area (Å²) >= 11 is 0. The van der Waals surface area contributed by atoms with E-state index in [2.05, 4.69) is 34.9 Å². The van der Waals surface area contributed by atoms with Gasteiger partial charge in [0, 0.05) is 12.0 Å². The third kappa shape index (κ3) is 4.79. The summed E-state index contributed by atoms with van der Waals surface area (Å²) in [6.45, 7) is 0.577. The average Bonchev–Trinajstić information content (AvgIpc) is 3.45. The number of nitrogens with one attached hydrogen (secondary N) is 2. The number of alkyl carbamates (subject to hydrolysis) is 1. The fourth-order valence-corrected chi connectivity index (χ4v) is 5.23. The topological polar surface area (TPSA) is 114 Å². The molecular weight excluding hydrogens is 448 g/mol. The number of ether oxygens (including phenoxy) is 2. The lowest BCUT2D eigenvalue weighted by molar-refractivity contribution is -0.142. The van der Waals surface area contributed by atoms with Gasteiger partial charge >= 0.3 is 12.1 Å². The number of hydrogen-bond acceptors (Lipinski definition) is 5. The van der Waals surface area contributed by atoms with Crippen LogP contribution in [0.15, 0.2) is 60.7 Å². The van der Waals surface area contributed by atoms with E-state index in [1.165, 1.54) is 0 Å². The molecular formula is C27H28N2O6. The Balaban J connectivity index is 1.17. The molecule has 0 radical (unpaired) electrons. The molecule has 182 valence electrons. The number of carbonyl (C=O) groups is 3. The first-order valence-corrected chi connectivity index (χ1v) is 11.9. The van der Waals surface area contributed by atoms with Crippen LogP contribution in [0.4, 0.5) is 4.79 Å². The Morgan fingerprint density at radius 2 is 1.66 bits per heavy atom. The smallest absolute Gasteiger partial charge is 0.407 e. The van der Waals surface area contributed by atoms with Gasteiger partial charge in [-0.1, -0.05) is 60.7 Å². The number of aliphatic carboxylic acids is 1. The molecule has 3 N–H and O–H groups in total. The van der Waals surface area contributed by atoms with Crippen molar-refractivity contribution in [2.45, 2.75) is 30.8 Å². The molecule has 4 unspecified atom stereocenters. The van der Waals surface area contributed by atoms with Gasteiger partial charge in [0.2, 0.25) is 5.91 Å². The average molecular weight is 477 g/mol. The first-order valence-electron chi connectivity index (χ1n) is 11.9. The van der Waals surface area contributed by atoms with Gasteiger partial charge in [-0.15, -0.1) is 0 Å². The van der Waals surface area contributed by atoms with Gasteiger partial charge < -0.3 is 25.2 Å². The first-order chi connectivity index (χ1) is 17.0. The van der Waals surface area contributed by atoms with Gasteiger partial charge in [-0.2, -0.15) is 0 Å². The summed E-state index contributed by atoms with van der Waals surface area (Å²) in [5.74, 6) is -2.28. The van der Waals surface area contributed by atoms with Crippen LogP contribution in [0, 0.1) is 11.8 Å². The van der Waals surface area contributed by atoms with Crippen LogP contribution in [0.3, 0.4) is 0 Å². The lowest BCUT2D eigenvalue weighted by atomic mass is 9.90. The predicted octanol–water partition coefficient (Wildman–Crippen LogP) is 3.08. The Labute approximate surface area is 203 Å². The molecule has 2 aromatic carbocycles. The van der Waals surface area contributed by atoms with Gasteiger partial charge in [-0.3, -0.25) is 9.59 Å². The van der Waals surface area contributed by atoms with E-state index in [1.807, 2.05) is 30.3 Å². The largest absolute Gasteiger partial charge is 0.481 e. The summed E-state index contributed by atoms with van der Waals surface area (Å²) in [5.41, 5.74) is 4.56. The van der Waals surface area contributed by atoms with E-state index in [0.29, 0.717) is 12.8 Å². The quantitative estimate of drug-likeness (QED) is 0.552. The molecule has 2 amide bonds. The van der Waals surface area contributed by atoms with Crippen molar-refractivity contribution in [1.82, 2.24) is 10.6 Å². The zero-order chi connectivity index (χ0) is 24.4. The van der Waals surface area contributed by atoms with Crippen LogP contribution in [0.25, 0.3) is 11.1 Å². The second kappa shape index (κ2) is 9.92. The van der Waals surface area contributed by atoms with Crippen LogP contribution in [-0.4, -0.2) is 55.0 Å². The maximum atomic E-state index is 12.9. The fourth-order valence-electron chi connectivity index (χ4n) is 5.23. The number of carbonyl (C=O) groups excluding carboxylic acids is 2. The first kappa shape index (κ1) is 23.1. The highest BCUT2D eigenvalue weighted by Crippen LogP contribution is 2.44. The molecule has 1 aliphatic heterocycles. The Hall–Kier alpha value is -3.65. The molecule has 1 saturated heterocycles. The van der Waals surface area contributed by atoms with Gasteiger partial charge in [-0.25, -0.2) is 4.79 Å². The zero-order valence-corrected chi connectivity index (χ0v) is 19.2. The maximum absolute atomic E-state index is 12.9. The van der Waals surface area contributed by atoms with E-state index in [1.54, 1.807) is 6.08 Å². The summed E-state index contributed by atoms with van der Waals surface area (Å²) in [6, 6.07) is 15.4. The number of amides is 2. The number of fused-ring (bicyclic) bond motifs is 3. The lowest BCUT2D eigenvalue weighted by Crippen LogP contribution is -2.49. The number of benzene rings is 2. The molecule has 1 fully saturated rings. The van der Waals surface area contributed by atoms with Crippen molar-refractivity contribution < 1.29 is 29.0 Å². The third-order valence-corrected chi connectivity index (χ3v) is 7.07. The minimum atomic E-state index is -0.868. The molecule has 2 aliphatic carbocycles. The molecule has 5 rings (SSSR count). The number of carboxylic acids is 1. The highest BCUT2D eigenvalue weighted by molar-refractivity contribution is 5.82. The normalized spacial score (nSPS) is 24.9. The summed E-state index contributed by atoms with van der Waals surface area (Å²) in [4.78, 5) is 36.8. The number of allylic oxidation sites excluding steroid dienone is 1. The van der Waals surface area contributed by atoms with Crippen molar-refractivity contribution in [3.8, 4) is 11.1 Å². The van der Waals surface area contributed by atoms with Crippen molar-refractivity contribution in [2.24, 2.45) is 11.8 Å².